The Balaban J connectivity index is 2.61. The molecule has 0 spiro atoms. The molecule has 1 rings (SSSR count). The molecule has 1 aliphatic heterocycles. The molecule has 5 heteroatoms. The minimum atomic E-state index is -0.456. The van der Waals surface area contributed by atoms with E-state index in [1.165, 1.54) is 0 Å². The maximum absolute atomic E-state index is 12.1. The number of aliphatic hydroxyl groups is 1. The Morgan fingerprint density at radius 3 is 2.39 bits per heavy atom. The number of piperazine rings is 1. The molecular formula is C13H26N2O3. The van der Waals surface area contributed by atoms with Crippen LogP contribution in [-0.2, 0) is 4.74 Å². The first-order chi connectivity index (χ1) is 8.24. The van der Waals surface area contributed by atoms with Crippen LogP contribution in [0.5, 0.6) is 0 Å². The van der Waals surface area contributed by atoms with Crippen LogP contribution in [0.1, 0.15) is 34.6 Å². The summed E-state index contributed by atoms with van der Waals surface area (Å²) in [5.41, 5.74) is -0.456. The van der Waals surface area contributed by atoms with Crippen molar-refractivity contribution < 1.29 is 14.6 Å². The summed E-state index contributed by atoms with van der Waals surface area (Å²) < 4.78 is 5.41. The van der Waals surface area contributed by atoms with Crippen LogP contribution in [0.15, 0.2) is 0 Å². The molecule has 0 aromatic heterocycles. The molecule has 0 aromatic rings. The normalized spacial score (nSPS) is 26.2. The summed E-state index contributed by atoms with van der Waals surface area (Å²) in [5, 5.41) is 9.00. The largest absolute Gasteiger partial charge is 0.444 e. The second kappa shape index (κ2) is 5.89. The summed E-state index contributed by atoms with van der Waals surface area (Å²) in [7, 11) is 0. The monoisotopic (exact) mass is 258 g/mol. The molecule has 106 valence electrons. The van der Waals surface area contributed by atoms with E-state index >= 15 is 0 Å². The van der Waals surface area contributed by atoms with Crippen LogP contribution >= 0.6 is 0 Å². The maximum atomic E-state index is 12.1. The number of hydrogen-bond acceptors (Lipinski definition) is 4. The van der Waals surface area contributed by atoms with E-state index in [2.05, 4.69) is 11.8 Å². The fourth-order valence-corrected chi connectivity index (χ4v) is 2.21. The molecule has 0 unspecified atom stereocenters. The predicted molar refractivity (Wildman–Crippen MR) is 70.5 cm³/mol. The van der Waals surface area contributed by atoms with Crippen LogP contribution in [0.3, 0.4) is 0 Å². The number of carbonyl (C=O) groups excluding carboxylic acids is 1. The standard InChI is InChI=1S/C13H26N2O3/c1-10-9-15(12(17)18-13(3,4)5)11(2)8-14(10)6-7-16/h10-11,16H,6-9H2,1-5H3/t10-,11+/m1/s1. The molecule has 1 heterocycles. The van der Waals surface area contributed by atoms with Gasteiger partial charge in [-0.25, -0.2) is 4.79 Å². The maximum Gasteiger partial charge on any atom is 0.410 e. The average molecular weight is 258 g/mol. The van der Waals surface area contributed by atoms with E-state index in [0.29, 0.717) is 13.1 Å². The van der Waals surface area contributed by atoms with Crippen LogP contribution in [0, 0.1) is 0 Å². The Morgan fingerprint density at radius 1 is 1.28 bits per heavy atom. The lowest BCUT2D eigenvalue weighted by Crippen LogP contribution is -2.59. The molecule has 1 N–H and O–H groups in total. The lowest BCUT2D eigenvalue weighted by molar-refractivity contribution is -0.0124. The van der Waals surface area contributed by atoms with Gasteiger partial charge in [0.25, 0.3) is 0 Å². The van der Waals surface area contributed by atoms with Crippen LogP contribution in [-0.4, -0.2) is 64.9 Å². The first-order valence-corrected chi connectivity index (χ1v) is 6.59. The van der Waals surface area contributed by atoms with Crippen molar-refractivity contribution in [2.75, 3.05) is 26.2 Å². The van der Waals surface area contributed by atoms with Crippen molar-refractivity contribution in [2.24, 2.45) is 0 Å². The third-order valence-electron chi connectivity index (χ3n) is 3.13. The fraction of sp³-hybridized carbons (Fsp3) is 0.923. The van der Waals surface area contributed by atoms with Crippen molar-refractivity contribution in [2.45, 2.75) is 52.3 Å². The highest BCUT2D eigenvalue weighted by molar-refractivity contribution is 5.68. The SMILES string of the molecule is C[C@@H]1CN(C(=O)OC(C)(C)C)[C@@H](C)CN1CCO. The van der Waals surface area contributed by atoms with Crippen LogP contribution < -0.4 is 0 Å². The average Bonchev–Trinajstić information content (AvgIpc) is 2.20. The highest BCUT2D eigenvalue weighted by Crippen LogP contribution is 2.18. The third kappa shape index (κ3) is 4.14. The molecular weight excluding hydrogens is 232 g/mol. The highest BCUT2D eigenvalue weighted by Gasteiger charge is 2.33. The molecule has 0 radical (unpaired) electrons. The Bertz CT molecular complexity index is 288. The number of β-amino-alcohol motifs (C(OH)–C–C–N with tert-alkyl or cyclic N) is 1. The van der Waals surface area contributed by atoms with E-state index in [0.717, 1.165) is 6.54 Å². The van der Waals surface area contributed by atoms with Crippen molar-refractivity contribution in [3.05, 3.63) is 0 Å². The van der Waals surface area contributed by atoms with Gasteiger partial charge < -0.3 is 14.7 Å². The number of amides is 1. The number of aliphatic hydroxyl groups excluding tert-OH is 1. The summed E-state index contributed by atoms with van der Waals surface area (Å²) in [5.74, 6) is 0. The highest BCUT2D eigenvalue weighted by atomic mass is 16.6. The van der Waals surface area contributed by atoms with Gasteiger partial charge >= 0.3 is 6.09 Å². The molecule has 1 aliphatic rings. The van der Waals surface area contributed by atoms with E-state index in [1.54, 1.807) is 4.90 Å². The van der Waals surface area contributed by atoms with Gasteiger partial charge in [0.2, 0.25) is 0 Å². The summed E-state index contributed by atoms with van der Waals surface area (Å²) in [6.45, 7) is 12.0. The van der Waals surface area contributed by atoms with E-state index in [4.69, 9.17) is 9.84 Å². The van der Waals surface area contributed by atoms with Crippen LogP contribution in [0.25, 0.3) is 0 Å². The smallest absolute Gasteiger partial charge is 0.410 e. The van der Waals surface area contributed by atoms with Crippen LogP contribution in [0.4, 0.5) is 4.79 Å². The lowest BCUT2D eigenvalue weighted by atomic mass is 10.1. The van der Waals surface area contributed by atoms with Crippen molar-refractivity contribution >= 4 is 6.09 Å². The molecule has 1 saturated heterocycles. The Hall–Kier alpha value is -0.810. The zero-order chi connectivity index (χ0) is 13.9. The van der Waals surface area contributed by atoms with E-state index < -0.39 is 5.60 Å². The first kappa shape index (κ1) is 15.2. The molecule has 5 nitrogen and oxygen atoms in total. The summed E-state index contributed by atoms with van der Waals surface area (Å²) in [4.78, 5) is 16.1. The van der Waals surface area contributed by atoms with Crippen LogP contribution in [0.2, 0.25) is 0 Å². The van der Waals surface area contributed by atoms with Gasteiger partial charge in [0, 0.05) is 31.7 Å². The first-order valence-electron chi connectivity index (χ1n) is 6.59. The second-order valence-corrected chi connectivity index (χ2v) is 6.05. The van der Waals surface area contributed by atoms with Gasteiger partial charge in [-0.2, -0.15) is 0 Å². The number of hydrogen-bond donors (Lipinski definition) is 1. The molecule has 0 saturated carbocycles. The van der Waals surface area contributed by atoms with Gasteiger partial charge in [0.05, 0.1) is 6.61 Å². The van der Waals surface area contributed by atoms with Gasteiger partial charge in [-0.15, -0.1) is 0 Å². The lowest BCUT2D eigenvalue weighted by Gasteiger charge is -2.44. The van der Waals surface area contributed by atoms with Gasteiger partial charge in [-0.1, -0.05) is 0 Å². The Labute approximate surface area is 110 Å². The topological polar surface area (TPSA) is 53.0 Å². The number of nitrogens with zero attached hydrogens (tertiary/aromatic N) is 2. The van der Waals surface area contributed by atoms with Gasteiger partial charge in [-0.05, 0) is 34.6 Å². The minimum absolute atomic E-state index is 0.114. The Morgan fingerprint density at radius 2 is 1.89 bits per heavy atom. The van der Waals surface area contributed by atoms with Gasteiger partial charge in [0.1, 0.15) is 5.60 Å². The number of carbonyl (C=O) groups is 1. The van der Waals surface area contributed by atoms with Crippen molar-refractivity contribution in [3.63, 3.8) is 0 Å². The van der Waals surface area contributed by atoms with Gasteiger partial charge in [0.15, 0.2) is 0 Å². The van der Waals surface area contributed by atoms with E-state index in [1.807, 2.05) is 27.7 Å². The molecule has 18 heavy (non-hydrogen) atoms. The zero-order valence-electron chi connectivity index (χ0n) is 12.1. The zero-order valence-corrected chi connectivity index (χ0v) is 12.1. The number of ether oxygens (including phenoxy) is 1. The summed E-state index contributed by atoms with van der Waals surface area (Å²) >= 11 is 0. The molecule has 0 bridgehead atoms. The molecule has 2 atom stereocenters. The van der Waals surface area contributed by atoms with Crippen molar-refractivity contribution in [3.8, 4) is 0 Å². The third-order valence-corrected chi connectivity index (χ3v) is 3.13. The van der Waals surface area contributed by atoms with Crippen molar-refractivity contribution in [1.82, 2.24) is 9.80 Å². The predicted octanol–water partition coefficient (Wildman–Crippen LogP) is 1.31. The van der Waals surface area contributed by atoms with E-state index in [9.17, 15) is 4.79 Å². The molecule has 1 fully saturated rings. The fourth-order valence-electron chi connectivity index (χ4n) is 2.21. The van der Waals surface area contributed by atoms with E-state index in [-0.39, 0.29) is 24.8 Å². The number of rotatable bonds is 2. The molecule has 0 aromatic carbocycles. The van der Waals surface area contributed by atoms with Crippen molar-refractivity contribution in [1.29, 1.82) is 0 Å². The summed E-state index contributed by atoms with van der Waals surface area (Å²) in [6, 6.07) is 0.364. The Kier molecular flexibility index (Phi) is 4.99. The molecule has 1 amide bonds. The van der Waals surface area contributed by atoms with Gasteiger partial charge in [-0.3, -0.25) is 4.90 Å². The summed E-state index contributed by atoms with van der Waals surface area (Å²) in [6.07, 6.45) is -0.245. The molecule has 0 aliphatic carbocycles. The quantitative estimate of drug-likeness (QED) is 0.811. The second-order valence-electron chi connectivity index (χ2n) is 6.05. The minimum Gasteiger partial charge on any atom is -0.444 e.